The van der Waals surface area contributed by atoms with E-state index in [0.717, 1.165) is 25.7 Å². The second-order valence-corrected chi connectivity index (χ2v) is 14.7. The molecular weight excluding hydrogens is 456 g/mol. The lowest BCUT2D eigenvalue weighted by Gasteiger charge is -2.68. The fourth-order valence-corrected chi connectivity index (χ4v) is 10.0. The van der Waals surface area contributed by atoms with E-state index >= 15 is 0 Å². The average Bonchev–Trinajstić information content (AvgIpc) is 3.12. The van der Waals surface area contributed by atoms with Crippen molar-refractivity contribution in [2.24, 2.45) is 45.3 Å². The Hall–Kier alpha value is -0.790. The number of fused-ring (bicyclic) bond motifs is 5. The smallest absolute Gasteiger partial charge is 0.138 e. The number of aliphatic hydroxyl groups is 5. The Kier molecular flexibility index (Phi) is 6.75. The molecule has 0 aromatic carbocycles. The van der Waals surface area contributed by atoms with Crippen LogP contribution in [0.15, 0.2) is 11.6 Å². The Morgan fingerprint density at radius 3 is 2.28 bits per heavy atom. The summed E-state index contributed by atoms with van der Waals surface area (Å²) < 4.78 is 0. The van der Waals surface area contributed by atoms with Crippen LogP contribution in [0, 0.1) is 45.3 Å². The number of ketones is 1. The molecule has 11 atom stereocenters. The Balaban J connectivity index is 1.65. The maximum Gasteiger partial charge on any atom is 0.138 e. The number of Topliss-reactive ketones (excluding diaryl/α,β-unsaturated/α-hetero) is 1. The lowest BCUT2D eigenvalue weighted by molar-refractivity contribution is -0.238. The van der Waals surface area contributed by atoms with Gasteiger partial charge in [0.2, 0.25) is 0 Å². The van der Waals surface area contributed by atoms with E-state index in [2.05, 4.69) is 33.8 Å². The molecule has 0 aromatic heterocycles. The summed E-state index contributed by atoms with van der Waals surface area (Å²) in [5.74, 6) is 0.390. The third-order valence-corrected chi connectivity index (χ3v) is 11.8. The van der Waals surface area contributed by atoms with Crippen molar-refractivity contribution in [1.82, 2.24) is 0 Å². The van der Waals surface area contributed by atoms with Crippen LogP contribution < -0.4 is 0 Å². The summed E-state index contributed by atoms with van der Waals surface area (Å²) in [4.78, 5) is 12.9. The molecule has 4 aliphatic carbocycles. The van der Waals surface area contributed by atoms with Gasteiger partial charge in [0.25, 0.3) is 0 Å². The van der Waals surface area contributed by atoms with Crippen molar-refractivity contribution in [3.8, 4) is 0 Å². The summed E-state index contributed by atoms with van der Waals surface area (Å²) in [7, 11) is 0. The summed E-state index contributed by atoms with van der Waals surface area (Å²) in [6.07, 6.45) is 2.46. The van der Waals surface area contributed by atoms with E-state index < -0.39 is 40.8 Å². The molecule has 0 aliphatic heterocycles. The Labute approximate surface area is 217 Å². The standard InChI is InChI=1S/C30H50O6/c1-16(15-18(31)24(34)27(4,5)36)17-9-10-19-28(17,6)13-11-20-29(7)14-12-21(32)26(2,3)23(29)22(33)25(35)30(19,20)8/h10,16-18,20,22-25,31,33-36H,9,11-15H2,1-8H3/t16-,17-,18+,20+,22-,23-,24-,25+,28-,29+,30-/m0/s1. The molecular formula is C30H50O6. The van der Waals surface area contributed by atoms with Crippen LogP contribution in [0.1, 0.15) is 93.9 Å². The van der Waals surface area contributed by atoms with Crippen LogP contribution in [-0.4, -0.2) is 61.3 Å². The Bertz CT molecular complexity index is 919. The molecule has 6 nitrogen and oxygen atoms in total. The van der Waals surface area contributed by atoms with Gasteiger partial charge in [-0.1, -0.05) is 53.2 Å². The first kappa shape index (κ1) is 28.2. The summed E-state index contributed by atoms with van der Waals surface area (Å²) in [6, 6.07) is 0. The minimum atomic E-state index is -1.38. The van der Waals surface area contributed by atoms with Crippen molar-refractivity contribution in [2.45, 2.75) is 124 Å². The average molecular weight is 507 g/mol. The lowest BCUT2D eigenvalue weighted by Crippen LogP contribution is -2.70. The highest BCUT2D eigenvalue weighted by atomic mass is 16.4. The predicted molar refractivity (Wildman–Crippen MR) is 139 cm³/mol. The van der Waals surface area contributed by atoms with Crippen LogP contribution in [0.25, 0.3) is 0 Å². The molecule has 5 N–H and O–H groups in total. The van der Waals surface area contributed by atoms with Crippen LogP contribution in [0.4, 0.5) is 0 Å². The van der Waals surface area contributed by atoms with E-state index in [1.165, 1.54) is 19.4 Å². The van der Waals surface area contributed by atoms with Crippen LogP contribution in [-0.2, 0) is 4.79 Å². The third kappa shape index (κ3) is 3.72. The molecule has 6 heteroatoms. The highest BCUT2D eigenvalue weighted by molar-refractivity contribution is 5.85. The topological polar surface area (TPSA) is 118 Å². The van der Waals surface area contributed by atoms with E-state index in [1.807, 2.05) is 13.8 Å². The van der Waals surface area contributed by atoms with Crippen molar-refractivity contribution >= 4 is 5.78 Å². The van der Waals surface area contributed by atoms with Crippen molar-refractivity contribution in [1.29, 1.82) is 0 Å². The van der Waals surface area contributed by atoms with E-state index in [-0.39, 0.29) is 40.3 Å². The third-order valence-electron chi connectivity index (χ3n) is 11.8. The Morgan fingerprint density at radius 1 is 1.08 bits per heavy atom. The number of hydrogen-bond donors (Lipinski definition) is 5. The summed E-state index contributed by atoms with van der Waals surface area (Å²) in [6.45, 7) is 15.7. The minimum absolute atomic E-state index is 0.0936. The molecule has 3 saturated carbocycles. The first-order chi connectivity index (χ1) is 16.3. The largest absolute Gasteiger partial charge is 0.390 e. The summed E-state index contributed by atoms with van der Waals surface area (Å²) in [5, 5.41) is 54.7. The van der Waals surface area contributed by atoms with Gasteiger partial charge in [0.05, 0.1) is 23.9 Å². The van der Waals surface area contributed by atoms with E-state index in [9.17, 15) is 30.3 Å². The number of carbonyl (C=O) groups is 1. The van der Waals surface area contributed by atoms with Gasteiger partial charge in [0.1, 0.15) is 11.9 Å². The van der Waals surface area contributed by atoms with Crippen LogP contribution in [0.5, 0.6) is 0 Å². The normalized spacial score (nSPS) is 46.8. The highest BCUT2D eigenvalue weighted by Crippen LogP contribution is 2.72. The van der Waals surface area contributed by atoms with E-state index in [0.29, 0.717) is 12.8 Å². The SMILES string of the molecule is C[C@@H](C[C@@H](O)[C@H](O)C(C)(C)O)[C@@H]1CC=C2[C@]3(C)[C@H](O)[C@@H](O)[C@H]4C(C)(C)C(=O)CC[C@]4(C)[C@H]3CC[C@]21C. The molecule has 4 rings (SSSR count). The predicted octanol–water partition coefficient (Wildman–Crippen LogP) is 3.62. The van der Waals surface area contributed by atoms with Gasteiger partial charge in [-0.05, 0) is 74.5 Å². The molecule has 3 fully saturated rings. The van der Waals surface area contributed by atoms with Gasteiger partial charge < -0.3 is 25.5 Å². The number of aliphatic hydroxyl groups excluding tert-OH is 4. The van der Waals surface area contributed by atoms with Gasteiger partial charge in [-0.2, -0.15) is 0 Å². The van der Waals surface area contributed by atoms with Crippen LogP contribution >= 0.6 is 0 Å². The first-order valence-electron chi connectivity index (χ1n) is 14.0. The molecule has 0 heterocycles. The molecule has 0 amide bonds. The molecule has 206 valence electrons. The zero-order valence-corrected chi connectivity index (χ0v) is 23.6. The van der Waals surface area contributed by atoms with Crippen molar-refractivity contribution in [3.63, 3.8) is 0 Å². The molecule has 4 aliphatic rings. The van der Waals surface area contributed by atoms with E-state index in [1.54, 1.807) is 0 Å². The molecule has 0 aromatic rings. The van der Waals surface area contributed by atoms with Crippen molar-refractivity contribution < 1.29 is 30.3 Å². The van der Waals surface area contributed by atoms with E-state index in [4.69, 9.17) is 0 Å². The number of carbonyl (C=O) groups excluding carboxylic acids is 1. The van der Waals surface area contributed by atoms with Gasteiger partial charge in [-0.25, -0.2) is 0 Å². The first-order valence-corrected chi connectivity index (χ1v) is 14.0. The molecule has 0 bridgehead atoms. The fraction of sp³-hybridized carbons (Fsp3) is 0.900. The molecule has 0 radical (unpaired) electrons. The molecule has 36 heavy (non-hydrogen) atoms. The summed E-state index contributed by atoms with van der Waals surface area (Å²) in [5.41, 5.74) is -1.85. The van der Waals surface area contributed by atoms with Gasteiger partial charge in [-0.3, -0.25) is 4.79 Å². The van der Waals surface area contributed by atoms with Gasteiger partial charge in [-0.15, -0.1) is 0 Å². The molecule has 0 spiro atoms. The zero-order valence-electron chi connectivity index (χ0n) is 23.6. The number of hydrogen-bond acceptors (Lipinski definition) is 6. The number of rotatable bonds is 5. The van der Waals surface area contributed by atoms with Crippen LogP contribution in [0.3, 0.4) is 0 Å². The number of allylic oxidation sites excluding steroid dienone is 1. The maximum atomic E-state index is 12.9. The quantitative estimate of drug-likeness (QED) is 0.364. The van der Waals surface area contributed by atoms with Crippen LogP contribution in [0.2, 0.25) is 0 Å². The molecule has 0 saturated heterocycles. The lowest BCUT2D eigenvalue weighted by atomic mass is 9.36. The maximum absolute atomic E-state index is 12.9. The Morgan fingerprint density at radius 2 is 1.69 bits per heavy atom. The monoisotopic (exact) mass is 506 g/mol. The second kappa shape index (κ2) is 8.61. The minimum Gasteiger partial charge on any atom is -0.390 e. The zero-order chi connectivity index (χ0) is 27.2. The van der Waals surface area contributed by atoms with Crippen molar-refractivity contribution in [2.75, 3.05) is 0 Å². The highest BCUT2D eigenvalue weighted by Gasteiger charge is 2.71. The van der Waals surface area contributed by atoms with Gasteiger partial charge in [0.15, 0.2) is 0 Å². The fourth-order valence-electron chi connectivity index (χ4n) is 10.0. The second-order valence-electron chi connectivity index (χ2n) is 14.7. The van der Waals surface area contributed by atoms with Gasteiger partial charge in [0, 0.05) is 23.2 Å². The molecule has 0 unspecified atom stereocenters. The summed E-state index contributed by atoms with van der Waals surface area (Å²) >= 11 is 0. The van der Waals surface area contributed by atoms with Gasteiger partial charge >= 0.3 is 0 Å². The van der Waals surface area contributed by atoms with Crippen molar-refractivity contribution in [3.05, 3.63) is 11.6 Å².